The van der Waals surface area contributed by atoms with Gasteiger partial charge in [-0.3, -0.25) is 13.9 Å². The van der Waals surface area contributed by atoms with E-state index < -0.39 is 20.1 Å². The first-order chi connectivity index (χ1) is 10.7. The van der Waals surface area contributed by atoms with E-state index in [1.807, 2.05) is 0 Å². The Hall–Kier alpha value is 0.570. The molecule has 0 aromatic heterocycles. The Balaban J connectivity index is 0.00000576. The van der Waals surface area contributed by atoms with Crippen LogP contribution in [-0.2, 0) is 13.9 Å². The van der Waals surface area contributed by atoms with Gasteiger partial charge in [0.15, 0.2) is 10.0 Å². The number of likely N-dealkylation sites (tertiary alicyclic amines) is 1. The molecule has 1 aliphatic heterocycles. The van der Waals surface area contributed by atoms with E-state index in [4.69, 9.17) is 0 Å². The van der Waals surface area contributed by atoms with E-state index in [2.05, 4.69) is 14.1 Å². The number of halogens is 1. The molecule has 1 aliphatic rings. The molecule has 0 radical (unpaired) electrons. The maximum Gasteiger partial charge on any atom is 0.343 e. The fourth-order valence-corrected chi connectivity index (χ4v) is 7.34. The molecule has 12 heteroatoms. The number of thioether (sulfide) groups is 1. The zero-order valence-electron chi connectivity index (χ0n) is 14.7. The van der Waals surface area contributed by atoms with Crippen LogP contribution in [0.4, 0.5) is 0 Å². The summed E-state index contributed by atoms with van der Waals surface area (Å²) < 4.78 is 24.9. The van der Waals surface area contributed by atoms with Gasteiger partial charge in [0.1, 0.15) is 0 Å². The van der Waals surface area contributed by atoms with Crippen molar-refractivity contribution in [3.05, 3.63) is 0 Å². The maximum atomic E-state index is 12.1. The molecule has 0 aromatic carbocycles. The first kappa shape index (κ1) is 25.6. The minimum absolute atomic E-state index is 0. The highest BCUT2D eigenvalue weighted by atomic mass is 35.5. The third kappa shape index (κ3) is 6.91. The summed E-state index contributed by atoms with van der Waals surface area (Å²) in [6, 6.07) is 0. The Bertz CT molecular complexity index is 531. The van der Waals surface area contributed by atoms with E-state index >= 15 is 0 Å². The van der Waals surface area contributed by atoms with Crippen LogP contribution in [0.25, 0.3) is 0 Å². The summed E-state index contributed by atoms with van der Waals surface area (Å²) in [5.41, 5.74) is 0. The van der Waals surface area contributed by atoms with Gasteiger partial charge in [-0.15, -0.1) is 0 Å². The summed E-state index contributed by atoms with van der Waals surface area (Å²) >= 11 is 0.823. The first-order valence-corrected chi connectivity index (χ1v) is 12.0. The van der Waals surface area contributed by atoms with E-state index in [0.29, 0.717) is 12.8 Å². The lowest BCUT2D eigenvalue weighted by Gasteiger charge is -2.41. The quantitative estimate of drug-likeness (QED) is 0.281. The van der Waals surface area contributed by atoms with Crippen molar-refractivity contribution in [1.82, 2.24) is 0 Å². The molecule has 1 saturated heterocycles. The molecule has 0 aromatic rings. The predicted octanol–water partition coefficient (Wildman–Crippen LogP) is -1.41. The third-order valence-electron chi connectivity index (χ3n) is 4.79. The Morgan fingerprint density at radius 1 is 1.12 bits per heavy atom. The zero-order valence-corrected chi connectivity index (χ0v) is 18.0. The van der Waals surface area contributed by atoms with Gasteiger partial charge in [0.05, 0.1) is 27.2 Å². The van der Waals surface area contributed by atoms with Gasteiger partial charge in [0, 0.05) is 12.7 Å². The molecule has 4 N–H and O–H groups in total. The van der Waals surface area contributed by atoms with Crippen LogP contribution in [0.15, 0.2) is 0 Å². The van der Waals surface area contributed by atoms with Crippen LogP contribution in [-0.4, -0.2) is 67.0 Å². The van der Waals surface area contributed by atoms with Crippen LogP contribution < -0.4 is 12.4 Å². The predicted molar refractivity (Wildman–Crippen MR) is 93.8 cm³/mol. The number of carbonyl (C=O) groups is 1. The molecule has 1 heterocycles. The van der Waals surface area contributed by atoms with Gasteiger partial charge in [-0.2, -0.15) is 0 Å². The molecular weight excluding hydrogens is 412 g/mol. The Labute approximate surface area is 159 Å². The van der Waals surface area contributed by atoms with Crippen molar-refractivity contribution in [2.45, 2.75) is 37.5 Å². The summed E-state index contributed by atoms with van der Waals surface area (Å²) in [6.07, 6.45) is 0.712. The number of carbonyl (C=O) groups excluding carboxylic acids is 1. The molecule has 150 valence electrons. The summed E-state index contributed by atoms with van der Waals surface area (Å²) in [6.45, 7) is 2.90. The van der Waals surface area contributed by atoms with E-state index in [9.17, 15) is 33.5 Å². The van der Waals surface area contributed by atoms with Crippen molar-refractivity contribution in [2.24, 2.45) is 5.92 Å². The van der Waals surface area contributed by atoms with Crippen molar-refractivity contribution >= 4 is 32.1 Å². The molecule has 0 saturated carbocycles. The molecule has 0 aliphatic carbocycles. The molecule has 0 spiro atoms. The monoisotopic (exact) mass is 439 g/mol. The standard InChI is InChI=1S/C13H27NO7P2S.ClH/c1-11(15)24-9-6-13(22(16,17)18,23(19,20)21)10-12-4-7-14(2,3)8-5-12;/h12H,4-10H2,1-3H3,(H3-,16,17,18,19,20,21);1H. The van der Waals surface area contributed by atoms with Gasteiger partial charge in [0.25, 0.3) is 0 Å². The van der Waals surface area contributed by atoms with Gasteiger partial charge in [-0.25, -0.2) is 0 Å². The summed E-state index contributed by atoms with van der Waals surface area (Å²) in [5.74, 6) is -0.182. The Kier molecular flexibility index (Phi) is 9.38. The van der Waals surface area contributed by atoms with Crippen LogP contribution in [0.3, 0.4) is 0 Å². The van der Waals surface area contributed by atoms with Gasteiger partial charge in [-0.05, 0) is 31.6 Å². The van der Waals surface area contributed by atoms with E-state index in [-0.39, 0.29) is 42.0 Å². The summed E-state index contributed by atoms with van der Waals surface area (Å²) in [5, 5.41) is -0.253. The second-order valence-electron chi connectivity index (χ2n) is 7.19. The van der Waals surface area contributed by atoms with E-state index in [0.717, 1.165) is 29.3 Å². The number of quaternary nitrogens is 1. The average Bonchev–Trinajstić information content (AvgIpc) is 2.36. The van der Waals surface area contributed by atoms with Gasteiger partial charge in [0.2, 0.25) is 0 Å². The SMILES string of the molecule is CC(=O)SCCC(CC1CC[N+](C)(C)CC1)(P(=O)(O)O)P(=O)(O)O.[Cl-]. The van der Waals surface area contributed by atoms with Crippen molar-refractivity contribution in [3.8, 4) is 0 Å². The van der Waals surface area contributed by atoms with E-state index in [1.165, 1.54) is 6.92 Å². The highest BCUT2D eigenvalue weighted by Crippen LogP contribution is 2.73. The number of rotatable bonds is 7. The largest absolute Gasteiger partial charge is 1.00 e. The number of nitrogens with zero attached hydrogens (tertiary/aromatic N) is 1. The molecule has 0 atom stereocenters. The molecule has 1 fully saturated rings. The Morgan fingerprint density at radius 2 is 1.56 bits per heavy atom. The highest BCUT2D eigenvalue weighted by molar-refractivity contribution is 8.13. The van der Waals surface area contributed by atoms with Crippen LogP contribution >= 0.6 is 27.0 Å². The fraction of sp³-hybridized carbons (Fsp3) is 0.923. The highest BCUT2D eigenvalue weighted by Gasteiger charge is 2.60. The van der Waals surface area contributed by atoms with Crippen molar-refractivity contribution in [2.75, 3.05) is 32.9 Å². The van der Waals surface area contributed by atoms with Crippen LogP contribution in [0.1, 0.15) is 32.6 Å². The average molecular weight is 440 g/mol. The van der Waals surface area contributed by atoms with Gasteiger partial charge >= 0.3 is 15.2 Å². The minimum atomic E-state index is -5.08. The summed E-state index contributed by atoms with van der Waals surface area (Å²) in [7, 11) is -6.05. The molecule has 1 rings (SSSR count). The number of hydrogen-bond donors (Lipinski definition) is 4. The smallest absolute Gasteiger partial charge is 0.343 e. The number of piperidine rings is 1. The molecule has 0 amide bonds. The topological polar surface area (TPSA) is 132 Å². The zero-order chi connectivity index (χ0) is 18.8. The van der Waals surface area contributed by atoms with Crippen LogP contribution in [0.5, 0.6) is 0 Å². The molecule has 25 heavy (non-hydrogen) atoms. The lowest BCUT2D eigenvalue weighted by Crippen LogP contribution is -3.00. The van der Waals surface area contributed by atoms with Gasteiger partial charge < -0.3 is 36.5 Å². The van der Waals surface area contributed by atoms with E-state index in [1.54, 1.807) is 0 Å². The van der Waals surface area contributed by atoms with Gasteiger partial charge in [-0.1, -0.05) is 11.8 Å². The Morgan fingerprint density at radius 3 is 1.92 bits per heavy atom. The van der Waals surface area contributed by atoms with Crippen LogP contribution in [0, 0.1) is 5.92 Å². The second kappa shape index (κ2) is 9.18. The van der Waals surface area contributed by atoms with Crippen molar-refractivity contribution in [3.63, 3.8) is 0 Å². The lowest BCUT2D eigenvalue weighted by molar-refractivity contribution is -0.896. The number of hydrogen-bond acceptors (Lipinski definition) is 4. The fourth-order valence-electron chi connectivity index (χ4n) is 3.15. The maximum absolute atomic E-state index is 12.1. The molecule has 0 unspecified atom stereocenters. The molecule has 8 nitrogen and oxygen atoms in total. The third-order valence-corrected chi connectivity index (χ3v) is 10.2. The summed E-state index contributed by atoms with van der Waals surface area (Å²) in [4.78, 5) is 47.8. The van der Waals surface area contributed by atoms with Crippen molar-refractivity contribution in [1.29, 1.82) is 0 Å². The van der Waals surface area contributed by atoms with Crippen molar-refractivity contribution < 1.29 is 50.4 Å². The lowest BCUT2D eigenvalue weighted by atomic mass is 9.90. The normalized spacial score (nSPS) is 19.3. The second-order valence-corrected chi connectivity index (χ2v) is 12.7. The first-order valence-electron chi connectivity index (χ1n) is 7.77. The minimum Gasteiger partial charge on any atom is -1.00 e. The van der Waals surface area contributed by atoms with Crippen LogP contribution in [0.2, 0.25) is 0 Å². The molecule has 0 bridgehead atoms. The molecular formula is C13H28ClNO7P2S.